The Morgan fingerprint density at radius 1 is 1.29 bits per heavy atom. The van der Waals surface area contributed by atoms with Gasteiger partial charge in [-0.2, -0.15) is 0 Å². The van der Waals surface area contributed by atoms with Gasteiger partial charge in [0.05, 0.1) is 6.61 Å². The fourth-order valence-electron chi connectivity index (χ4n) is 3.92. The molecule has 1 aliphatic carbocycles. The van der Waals surface area contributed by atoms with Crippen molar-refractivity contribution in [3.05, 3.63) is 35.4 Å². The Kier molecular flexibility index (Phi) is 3.78. The number of benzene rings is 1. The lowest BCUT2D eigenvalue weighted by Crippen LogP contribution is -2.35. The minimum atomic E-state index is -0.752. The van der Waals surface area contributed by atoms with Gasteiger partial charge in [-0.15, -0.1) is 0 Å². The molecule has 1 aromatic rings. The van der Waals surface area contributed by atoms with E-state index in [2.05, 4.69) is 31.2 Å². The Morgan fingerprint density at radius 3 is 2.86 bits per heavy atom. The average molecular weight is 288 g/mol. The maximum absolute atomic E-state index is 12.6. The number of epoxide rings is 1. The number of fused-ring (bicyclic) bond motifs is 2. The highest BCUT2D eigenvalue weighted by Crippen LogP contribution is 2.63. The highest BCUT2D eigenvalue weighted by atomic mass is 16.7. The first-order chi connectivity index (χ1) is 10.2. The molecular weight excluding hydrogens is 264 g/mol. The highest BCUT2D eigenvalue weighted by molar-refractivity contribution is 5.85. The number of hydrogen-bond donors (Lipinski definition) is 0. The Labute approximate surface area is 126 Å². The first-order valence-electron chi connectivity index (χ1n) is 8.16. The third-order valence-corrected chi connectivity index (χ3v) is 4.84. The third-order valence-electron chi connectivity index (χ3n) is 4.84. The van der Waals surface area contributed by atoms with Gasteiger partial charge in [0.2, 0.25) is 0 Å². The fourth-order valence-corrected chi connectivity index (χ4v) is 3.92. The largest absolute Gasteiger partial charge is 0.464 e. The Bertz CT molecular complexity index is 539. The number of hydrogen-bond acceptors (Lipinski definition) is 3. The molecule has 2 atom stereocenters. The van der Waals surface area contributed by atoms with Crippen molar-refractivity contribution >= 4 is 5.97 Å². The zero-order valence-corrected chi connectivity index (χ0v) is 13.0. The molecule has 1 aromatic carbocycles. The lowest BCUT2D eigenvalue weighted by atomic mass is 9.80. The zero-order valence-electron chi connectivity index (χ0n) is 13.0. The molecule has 0 N–H and O–H groups in total. The second kappa shape index (κ2) is 5.45. The van der Waals surface area contributed by atoms with Gasteiger partial charge < -0.3 is 9.47 Å². The van der Waals surface area contributed by atoms with Crippen LogP contribution in [-0.2, 0) is 26.3 Å². The molecule has 1 aliphatic heterocycles. The highest BCUT2D eigenvalue weighted by Gasteiger charge is 2.75. The van der Waals surface area contributed by atoms with Gasteiger partial charge in [0.25, 0.3) is 0 Å². The van der Waals surface area contributed by atoms with Crippen molar-refractivity contribution in [2.45, 2.75) is 63.6 Å². The van der Waals surface area contributed by atoms with Crippen LogP contribution in [0.3, 0.4) is 0 Å². The molecule has 0 saturated carbocycles. The van der Waals surface area contributed by atoms with E-state index in [-0.39, 0.29) is 5.97 Å². The standard InChI is InChI=1S/C18H24O3/c1-3-12-18(16(19)20-4-2)17(21-18)13-8-7-10-14-9-5-6-11-15(14)17/h5-6,9,11H,3-4,7-8,10,12-13H2,1-2H3. The second-order valence-corrected chi connectivity index (χ2v) is 6.09. The van der Waals surface area contributed by atoms with Crippen molar-refractivity contribution in [2.75, 3.05) is 6.61 Å². The molecule has 1 spiro atoms. The van der Waals surface area contributed by atoms with Crippen LogP contribution in [0.15, 0.2) is 24.3 Å². The van der Waals surface area contributed by atoms with Gasteiger partial charge in [-0.05, 0) is 50.2 Å². The molecule has 3 heteroatoms. The third kappa shape index (κ3) is 2.10. The molecular formula is C18H24O3. The molecule has 3 nitrogen and oxygen atoms in total. The van der Waals surface area contributed by atoms with Crippen LogP contribution in [0.1, 0.15) is 57.1 Å². The first kappa shape index (κ1) is 14.6. The van der Waals surface area contributed by atoms with Crippen molar-refractivity contribution in [2.24, 2.45) is 0 Å². The van der Waals surface area contributed by atoms with E-state index in [0.29, 0.717) is 6.61 Å². The van der Waals surface area contributed by atoms with E-state index in [4.69, 9.17) is 9.47 Å². The summed E-state index contributed by atoms with van der Waals surface area (Å²) in [5.41, 5.74) is 1.35. The predicted molar refractivity (Wildman–Crippen MR) is 81.0 cm³/mol. The summed E-state index contributed by atoms with van der Waals surface area (Å²) in [5.74, 6) is -0.177. The Morgan fingerprint density at radius 2 is 2.10 bits per heavy atom. The summed E-state index contributed by atoms with van der Waals surface area (Å²) in [6.07, 6.45) is 5.91. The van der Waals surface area contributed by atoms with Crippen LogP contribution in [0.4, 0.5) is 0 Å². The summed E-state index contributed by atoms with van der Waals surface area (Å²) in [6, 6.07) is 8.44. The molecule has 0 amide bonds. The smallest absolute Gasteiger partial charge is 0.341 e. The van der Waals surface area contributed by atoms with Gasteiger partial charge >= 0.3 is 5.97 Å². The van der Waals surface area contributed by atoms with Crippen molar-refractivity contribution < 1.29 is 14.3 Å². The quantitative estimate of drug-likeness (QED) is 0.626. The number of carbonyl (C=O) groups excluding carboxylic acids is 1. The summed E-state index contributed by atoms with van der Waals surface area (Å²) in [6.45, 7) is 4.36. The van der Waals surface area contributed by atoms with Crippen molar-refractivity contribution in [3.8, 4) is 0 Å². The summed E-state index contributed by atoms with van der Waals surface area (Å²) in [5, 5.41) is 0. The molecule has 1 saturated heterocycles. The molecule has 1 heterocycles. The van der Waals surface area contributed by atoms with E-state index < -0.39 is 11.2 Å². The van der Waals surface area contributed by atoms with Crippen LogP contribution in [0.25, 0.3) is 0 Å². The average Bonchev–Trinajstić information content (AvgIpc) is 3.19. The minimum Gasteiger partial charge on any atom is -0.464 e. The second-order valence-electron chi connectivity index (χ2n) is 6.09. The molecule has 3 rings (SSSR count). The van der Waals surface area contributed by atoms with Gasteiger partial charge in [-0.1, -0.05) is 37.6 Å². The van der Waals surface area contributed by atoms with Crippen molar-refractivity contribution in [1.82, 2.24) is 0 Å². The number of rotatable bonds is 4. The minimum absolute atomic E-state index is 0.177. The molecule has 2 unspecified atom stereocenters. The van der Waals surface area contributed by atoms with E-state index >= 15 is 0 Å². The van der Waals surface area contributed by atoms with Crippen LogP contribution < -0.4 is 0 Å². The lowest BCUT2D eigenvalue weighted by molar-refractivity contribution is -0.149. The van der Waals surface area contributed by atoms with E-state index in [1.54, 1.807) is 0 Å². The van der Waals surface area contributed by atoms with Gasteiger partial charge in [0.15, 0.2) is 5.60 Å². The first-order valence-corrected chi connectivity index (χ1v) is 8.16. The molecule has 21 heavy (non-hydrogen) atoms. The van der Waals surface area contributed by atoms with E-state index in [1.807, 2.05) is 6.92 Å². The molecule has 114 valence electrons. The van der Waals surface area contributed by atoms with Crippen LogP contribution in [0, 0.1) is 0 Å². The maximum atomic E-state index is 12.6. The van der Waals surface area contributed by atoms with Gasteiger partial charge in [-0.3, -0.25) is 0 Å². The van der Waals surface area contributed by atoms with E-state index in [1.165, 1.54) is 11.1 Å². The van der Waals surface area contributed by atoms with Crippen molar-refractivity contribution in [1.29, 1.82) is 0 Å². The number of carbonyl (C=O) groups is 1. The number of esters is 1. The van der Waals surface area contributed by atoms with Gasteiger partial charge in [0.1, 0.15) is 5.60 Å². The lowest BCUT2D eigenvalue weighted by Gasteiger charge is -2.19. The molecule has 1 fully saturated rings. The summed E-state index contributed by atoms with van der Waals surface area (Å²) in [7, 11) is 0. The summed E-state index contributed by atoms with van der Waals surface area (Å²) < 4.78 is 11.6. The van der Waals surface area contributed by atoms with Crippen LogP contribution in [-0.4, -0.2) is 18.2 Å². The molecule has 0 aromatic heterocycles. The summed E-state index contributed by atoms with van der Waals surface area (Å²) in [4.78, 5) is 12.6. The topological polar surface area (TPSA) is 38.8 Å². The summed E-state index contributed by atoms with van der Waals surface area (Å²) >= 11 is 0. The van der Waals surface area contributed by atoms with Crippen LogP contribution in [0.5, 0.6) is 0 Å². The Hall–Kier alpha value is -1.35. The van der Waals surface area contributed by atoms with E-state index in [0.717, 1.165) is 38.5 Å². The SMILES string of the molecule is CCCC1(C(=O)OCC)OC12CCCCc1ccccc12. The maximum Gasteiger partial charge on any atom is 0.341 e. The number of ether oxygens (including phenoxy) is 2. The number of aryl methyl sites for hydroxylation is 1. The fraction of sp³-hybridized carbons (Fsp3) is 0.611. The zero-order chi connectivity index (χ0) is 14.9. The van der Waals surface area contributed by atoms with Crippen molar-refractivity contribution in [3.63, 3.8) is 0 Å². The van der Waals surface area contributed by atoms with Gasteiger partial charge in [-0.25, -0.2) is 4.79 Å². The van der Waals surface area contributed by atoms with Crippen LogP contribution in [0.2, 0.25) is 0 Å². The van der Waals surface area contributed by atoms with Gasteiger partial charge in [0, 0.05) is 0 Å². The predicted octanol–water partition coefficient (Wildman–Crippen LogP) is 3.74. The van der Waals surface area contributed by atoms with E-state index in [9.17, 15) is 4.79 Å². The molecule has 0 radical (unpaired) electrons. The Balaban J connectivity index is 2.03. The molecule has 0 bridgehead atoms. The monoisotopic (exact) mass is 288 g/mol. The molecule has 2 aliphatic rings. The normalized spacial score (nSPS) is 30.6. The van der Waals surface area contributed by atoms with Crippen LogP contribution >= 0.6 is 0 Å².